The van der Waals surface area contributed by atoms with Crippen molar-refractivity contribution in [3.05, 3.63) is 34.9 Å². The van der Waals surface area contributed by atoms with E-state index in [9.17, 15) is 4.39 Å². The number of halogens is 2. The molecule has 1 aromatic heterocycles. The van der Waals surface area contributed by atoms with Crippen molar-refractivity contribution in [2.75, 3.05) is 5.73 Å². The lowest BCUT2D eigenvalue weighted by atomic mass is 10.1. The normalized spacial score (nSPS) is 11.9. The second-order valence-electron chi connectivity index (χ2n) is 5.75. The summed E-state index contributed by atoms with van der Waals surface area (Å²) in [5.74, 6) is 0.975. The van der Waals surface area contributed by atoms with E-state index in [1.807, 2.05) is 11.5 Å². The summed E-state index contributed by atoms with van der Waals surface area (Å²) in [4.78, 5) is 4.56. The van der Waals surface area contributed by atoms with Crippen molar-refractivity contribution in [1.82, 2.24) is 9.55 Å². The largest absolute Gasteiger partial charge is 0.383 e. The van der Waals surface area contributed by atoms with Crippen molar-refractivity contribution in [1.29, 1.82) is 0 Å². The number of aryl methyl sites for hydroxylation is 1. The molecule has 1 heterocycles. The molecule has 0 saturated carbocycles. The topological polar surface area (TPSA) is 43.8 Å². The Bertz CT molecular complexity index is 641. The molecule has 5 heteroatoms. The van der Waals surface area contributed by atoms with Crippen LogP contribution in [0.3, 0.4) is 0 Å². The monoisotopic (exact) mass is 295 g/mol. The van der Waals surface area contributed by atoms with E-state index >= 15 is 0 Å². The fraction of sp³-hybridized carbons (Fsp3) is 0.400. The Labute approximate surface area is 123 Å². The Morgan fingerprint density at radius 3 is 2.45 bits per heavy atom. The first-order valence-electron chi connectivity index (χ1n) is 6.58. The van der Waals surface area contributed by atoms with Gasteiger partial charge in [-0.2, -0.15) is 0 Å². The SMILES string of the molecule is CCc1nc(-c2ccc(Cl)c(F)c2)c(N)n1C(C)(C)C. The molecule has 0 atom stereocenters. The second-order valence-corrected chi connectivity index (χ2v) is 6.16. The predicted octanol–water partition coefficient (Wildman–Crippen LogP) is 4.24. The number of aromatic nitrogens is 2. The van der Waals surface area contributed by atoms with Crippen LogP contribution in [0.5, 0.6) is 0 Å². The van der Waals surface area contributed by atoms with Gasteiger partial charge in [0.2, 0.25) is 0 Å². The molecule has 2 rings (SSSR count). The lowest BCUT2D eigenvalue weighted by molar-refractivity contribution is 0.389. The molecule has 0 bridgehead atoms. The quantitative estimate of drug-likeness (QED) is 0.900. The van der Waals surface area contributed by atoms with Crippen LogP contribution in [0.2, 0.25) is 5.02 Å². The van der Waals surface area contributed by atoms with E-state index in [1.165, 1.54) is 12.1 Å². The maximum absolute atomic E-state index is 13.6. The smallest absolute Gasteiger partial charge is 0.142 e. The Balaban J connectivity index is 2.64. The van der Waals surface area contributed by atoms with Crippen molar-refractivity contribution in [3.8, 4) is 11.3 Å². The molecule has 0 aliphatic carbocycles. The van der Waals surface area contributed by atoms with E-state index in [0.29, 0.717) is 17.1 Å². The third kappa shape index (κ3) is 2.52. The molecule has 0 spiro atoms. The number of hydrogen-bond donors (Lipinski definition) is 1. The number of imidazole rings is 1. The third-order valence-electron chi connectivity index (χ3n) is 3.16. The van der Waals surface area contributed by atoms with E-state index < -0.39 is 5.82 Å². The van der Waals surface area contributed by atoms with Gasteiger partial charge in [-0.15, -0.1) is 0 Å². The van der Waals surface area contributed by atoms with Crippen LogP contribution < -0.4 is 5.73 Å². The summed E-state index contributed by atoms with van der Waals surface area (Å²) in [5, 5.41) is 0.0956. The van der Waals surface area contributed by atoms with Gasteiger partial charge in [0.05, 0.1) is 5.02 Å². The van der Waals surface area contributed by atoms with Crippen LogP contribution in [0.1, 0.15) is 33.5 Å². The van der Waals surface area contributed by atoms with Crippen molar-refractivity contribution in [2.45, 2.75) is 39.7 Å². The molecule has 0 radical (unpaired) electrons. The summed E-state index contributed by atoms with van der Waals surface area (Å²) in [6.45, 7) is 8.22. The third-order valence-corrected chi connectivity index (χ3v) is 3.47. The number of rotatable bonds is 2. The van der Waals surface area contributed by atoms with E-state index in [1.54, 1.807) is 6.07 Å². The highest BCUT2D eigenvalue weighted by Crippen LogP contribution is 2.32. The van der Waals surface area contributed by atoms with Gasteiger partial charge < -0.3 is 10.3 Å². The van der Waals surface area contributed by atoms with E-state index in [-0.39, 0.29) is 10.6 Å². The molecule has 0 aliphatic rings. The molecule has 3 nitrogen and oxygen atoms in total. The molecule has 2 aromatic rings. The summed E-state index contributed by atoms with van der Waals surface area (Å²) in [7, 11) is 0. The van der Waals surface area contributed by atoms with Crippen LogP contribution in [0.4, 0.5) is 10.2 Å². The zero-order chi connectivity index (χ0) is 15.1. The van der Waals surface area contributed by atoms with Gasteiger partial charge in [0.25, 0.3) is 0 Å². The van der Waals surface area contributed by atoms with Crippen molar-refractivity contribution >= 4 is 17.4 Å². The zero-order valence-corrected chi connectivity index (χ0v) is 12.9. The van der Waals surface area contributed by atoms with Crippen LogP contribution in [-0.4, -0.2) is 9.55 Å². The minimum atomic E-state index is -0.466. The van der Waals surface area contributed by atoms with Crippen LogP contribution in [0, 0.1) is 5.82 Å². The molecule has 20 heavy (non-hydrogen) atoms. The second kappa shape index (κ2) is 5.09. The number of hydrogen-bond acceptors (Lipinski definition) is 2. The van der Waals surface area contributed by atoms with Gasteiger partial charge in [-0.1, -0.05) is 24.6 Å². The van der Waals surface area contributed by atoms with Crippen LogP contribution in [0.15, 0.2) is 18.2 Å². The van der Waals surface area contributed by atoms with E-state index in [4.69, 9.17) is 17.3 Å². The maximum atomic E-state index is 13.6. The summed E-state index contributed by atoms with van der Waals surface area (Å²) >= 11 is 5.71. The Morgan fingerprint density at radius 1 is 1.35 bits per heavy atom. The molecule has 108 valence electrons. The lowest BCUT2D eigenvalue weighted by Gasteiger charge is -2.24. The number of benzene rings is 1. The predicted molar refractivity (Wildman–Crippen MR) is 81.4 cm³/mol. The minimum Gasteiger partial charge on any atom is -0.383 e. The Kier molecular flexibility index (Phi) is 3.78. The highest BCUT2D eigenvalue weighted by molar-refractivity contribution is 6.30. The van der Waals surface area contributed by atoms with Crippen molar-refractivity contribution < 1.29 is 4.39 Å². The molecule has 1 aromatic carbocycles. The lowest BCUT2D eigenvalue weighted by Crippen LogP contribution is -2.25. The minimum absolute atomic E-state index is 0.0956. The van der Waals surface area contributed by atoms with Crippen LogP contribution >= 0.6 is 11.6 Å². The molecular weight excluding hydrogens is 277 g/mol. The summed E-state index contributed by atoms with van der Waals surface area (Å²) in [5.41, 5.74) is 7.30. The van der Waals surface area contributed by atoms with Gasteiger partial charge in [-0.3, -0.25) is 0 Å². The molecule has 0 amide bonds. The van der Waals surface area contributed by atoms with Gasteiger partial charge in [-0.25, -0.2) is 9.37 Å². The van der Waals surface area contributed by atoms with E-state index in [2.05, 4.69) is 25.8 Å². The van der Waals surface area contributed by atoms with Gasteiger partial charge in [0.15, 0.2) is 0 Å². The standard InChI is InChI=1S/C15H19ClFN3/c1-5-12-19-13(14(18)20(12)15(2,3)4)9-6-7-10(16)11(17)8-9/h6-8H,5,18H2,1-4H3. The molecule has 0 aliphatic heterocycles. The summed E-state index contributed by atoms with van der Waals surface area (Å²) in [6.07, 6.45) is 0.761. The number of nitrogens with two attached hydrogens (primary N) is 1. The average Bonchev–Trinajstić information content (AvgIpc) is 2.69. The van der Waals surface area contributed by atoms with E-state index in [0.717, 1.165) is 12.2 Å². The first-order chi connectivity index (χ1) is 9.25. The molecule has 0 unspecified atom stereocenters. The number of nitrogen functional groups attached to an aromatic ring is 1. The summed E-state index contributed by atoms with van der Waals surface area (Å²) < 4.78 is 15.6. The van der Waals surface area contributed by atoms with Crippen LogP contribution in [0.25, 0.3) is 11.3 Å². The Morgan fingerprint density at radius 2 is 2.00 bits per heavy atom. The first-order valence-corrected chi connectivity index (χ1v) is 6.96. The van der Waals surface area contributed by atoms with Crippen molar-refractivity contribution in [2.24, 2.45) is 0 Å². The zero-order valence-electron chi connectivity index (χ0n) is 12.2. The van der Waals surface area contributed by atoms with Gasteiger partial charge in [-0.05, 0) is 32.9 Å². The first kappa shape index (κ1) is 14.9. The highest BCUT2D eigenvalue weighted by Gasteiger charge is 2.24. The molecular formula is C15H19ClFN3. The van der Waals surface area contributed by atoms with Gasteiger partial charge in [0, 0.05) is 17.5 Å². The van der Waals surface area contributed by atoms with Crippen molar-refractivity contribution in [3.63, 3.8) is 0 Å². The molecule has 0 fully saturated rings. The highest BCUT2D eigenvalue weighted by atomic mass is 35.5. The fourth-order valence-corrected chi connectivity index (χ4v) is 2.44. The van der Waals surface area contributed by atoms with Gasteiger partial charge in [0.1, 0.15) is 23.2 Å². The fourth-order valence-electron chi connectivity index (χ4n) is 2.32. The molecule has 2 N–H and O–H groups in total. The van der Waals surface area contributed by atoms with Gasteiger partial charge >= 0.3 is 0 Å². The Hall–Kier alpha value is -1.55. The average molecular weight is 296 g/mol. The van der Waals surface area contributed by atoms with Crippen LogP contribution in [-0.2, 0) is 12.0 Å². The number of nitrogens with zero attached hydrogens (tertiary/aromatic N) is 2. The summed E-state index contributed by atoms with van der Waals surface area (Å²) in [6, 6.07) is 4.62. The molecule has 0 saturated heterocycles. The number of anilines is 1. The maximum Gasteiger partial charge on any atom is 0.142 e.